The van der Waals surface area contributed by atoms with Crippen LogP contribution in [0, 0.1) is 0 Å². The van der Waals surface area contributed by atoms with Crippen LogP contribution in [0.1, 0.15) is 45.2 Å². The van der Waals surface area contributed by atoms with Crippen molar-refractivity contribution in [3.05, 3.63) is 52.3 Å². The third-order valence-corrected chi connectivity index (χ3v) is 5.03. The summed E-state index contributed by atoms with van der Waals surface area (Å²) in [7, 11) is 0. The zero-order chi connectivity index (χ0) is 21.9. The number of halogens is 2. The van der Waals surface area contributed by atoms with Crippen molar-refractivity contribution >= 4 is 46.7 Å². The minimum atomic E-state index is -0.553. The number of carbonyl (C=O) groups excluding carboxylic acids is 2. The summed E-state index contributed by atoms with van der Waals surface area (Å²) in [4.78, 5) is 30.4. The Morgan fingerprint density at radius 1 is 1.17 bits per heavy atom. The van der Waals surface area contributed by atoms with E-state index < -0.39 is 11.6 Å². The largest absolute Gasteiger partial charge is 0.444 e. The SMILES string of the molecule is CC(C)(C)OC(=O)N1CCCC1c1ccc(NC(=O)Nc2ccc(Cl)nc2)c(Cl)c1. The van der Waals surface area contributed by atoms with Gasteiger partial charge in [0.1, 0.15) is 10.8 Å². The maximum atomic E-state index is 12.5. The minimum Gasteiger partial charge on any atom is -0.444 e. The van der Waals surface area contributed by atoms with Gasteiger partial charge in [-0.2, -0.15) is 0 Å². The maximum absolute atomic E-state index is 12.5. The first kappa shape index (κ1) is 22.2. The monoisotopic (exact) mass is 450 g/mol. The van der Waals surface area contributed by atoms with Gasteiger partial charge in [0.05, 0.1) is 28.6 Å². The molecule has 1 aromatic carbocycles. The fraction of sp³-hybridized carbons (Fsp3) is 0.381. The van der Waals surface area contributed by atoms with Crippen LogP contribution in [-0.4, -0.2) is 34.2 Å². The molecule has 0 radical (unpaired) electrons. The molecule has 7 nitrogen and oxygen atoms in total. The molecule has 1 aliphatic heterocycles. The van der Waals surface area contributed by atoms with E-state index in [1.807, 2.05) is 26.8 Å². The summed E-state index contributed by atoms with van der Waals surface area (Å²) in [6.45, 7) is 6.17. The Morgan fingerprint density at radius 2 is 1.93 bits per heavy atom. The molecule has 1 fully saturated rings. The van der Waals surface area contributed by atoms with Crippen molar-refractivity contribution in [1.82, 2.24) is 9.88 Å². The summed E-state index contributed by atoms with van der Waals surface area (Å²) in [5.41, 5.74) is 1.31. The number of amides is 3. The quantitative estimate of drug-likeness (QED) is 0.552. The van der Waals surface area contributed by atoms with Gasteiger partial charge in [0, 0.05) is 6.54 Å². The number of anilines is 2. The molecule has 1 aliphatic rings. The second kappa shape index (κ2) is 9.10. The minimum absolute atomic E-state index is 0.111. The predicted octanol–water partition coefficient (Wildman–Crippen LogP) is 6.10. The molecule has 1 unspecified atom stereocenters. The molecule has 0 saturated carbocycles. The van der Waals surface area contributed by atoms with E-state index in [1.54, 1.807) is 29.2 Å². The van der Waals surface area contributed by atoms with Gasteiger partial charge in [-0.25, -0.2) is 14.6 Å². The fourth-order valence-electron chi connectivity index (χ4n) is 3.23. The Bertz CT molecular complexity index is 929. The zero-order valence-corrected chi connectivity index (χ0v) is 18.5. The Balaban J connectivity index is 1.67. The number of hydrogen-bond acceptors (Lipinski definition) is 4. The molecule has 0 spiro atoms. The van der Waals surface area contributed by atoms with E-state index in [2.05, 4.69) is 15.6 Å². The Hall–Kier alpha value is -2.51. The predicted molar refractivity (Wildman–Crippen MR) is 118 cm³/mol. The van der Waals surface area contributed by atoms with E-state index in [1.165, 1.54) is 6.20 Å². The number of hydrogen-bond donors (Lipinski definition) is 2. The molecule has 2 aromatic rings. The first-order chi connectivity index (χ1) is 14.1. The van der Waals surface area contributed by atoms with Gasteiger partial charge in [-0.05, 0) is 63.4 Å². The fourth-order valence-corrected chi connectivity index (χ4v) is 3.57. The highest BCUT2D eigenvalue weighted by Crippen LogP contribution is 2.36. The van der Waals surface area contributed by atoms with Crippen molar-refractivity contribution in [3.63, 3.8) is 0 Å². The normalized spacial score (nSPS) is 16.3. The van der Waals surface area contributed by atoms with Crippen LogP contribution >= 0.6 is 23.2 Å². The van der Waals surface area contributed by atoms with Gasteiger partial charge in [0.2, 0.25) is 0 Å². The van der Waals surface area contributed by atoms with Gasteiger partial charge >= 0.3 is 12.1 Å². The molecule has 1 atom stereocenters. The number of carbonyl (C=O) groups is 2. The third-order valence-electron chi connectivity index (χ3n) is 4.49. The van der Waals surface area contributed by atoms with E-state index in [4.69, 9.17) is 27.9 Å². The number of rotatable bonds is 3. The summed E-state index contributed by atoms with van der Waals surface area (Å²) < 4.78 is 5.52. The standard InChI is InChI=1S/C21H24Cl2N4O3/c1-21(2,3)30-20(29)27-10-4-5-17(27)13-6-8-16(15(22)11-13)26-19(28)25-14-7-9-18(23)24-12-14/h6-9,11-12,17H,4-5,10H2,1-3H3,(H2,25,26,28). The summed E-state index contributed by atoms with van der Waals surface area (Å²) in [6, 6.07) is 8.02. The Labute approximate surface area is 185 Å². The smallest absolute Gasteiger partial charge is 0.410 e. The van der Waals surface area contributed by atoms with E-state index in [0.29, 0.717) is 28.1 Å². The van der Waals surface area contributed by atoms with Crippen LogP contribution in [0.15, 0.2) is 36.5 Å². The van der Waals surface area contributed by atoms with Crippen LogP contribution < -0.4 is 10.6 Å². The molecule has 3 amide bonds. The topological polar surface area (TPSA) is 83.6 Å². The average Bonchev–Trinajstić information content (AvgIpc) is 3.14. The van der Waals surface area contributed by atoms with Crippen molar-refractivity contribution in [1.29, 1.82) is 0 Å². The van der Waals surface area contributed by atoms with Crippen LogP contribution in [-0.2, 0) is 4.74 Å². The summed E-state index contributed by atoms with van der Waals surface area (Å²) in [5, 5.41) is 6.09. The highest BCUT2D eigenvalue weighted by atomic mass is 35.5. The molecule has 30 heavy (non-hydrogen) atoms. The summed E-state index contributed by atoms with van der Waals surface area (Å²) in [5.74, 6) is 0. The van der Waals surface area contributed by atoms with Crippen molar-refractivity contribution in [2.75, 3.05) is 17.2 Å². The first-order valence-electron chi connectivity index (χ1n) is 9.61. The molecule has 160 valence electrons. The molecule has 9 heteroatoms. The zero-order valence-electron chi connectivity index (χ0n) is 17.0. The lowest BCUT2D eigenvalue weighted by atomic mass is 10.0. The molecule has 1 saturated heterocycles. The van der Waals surface area contributed by atoms with Crippen LogP contribution in [0.25, 0.3) is 0 Å². The van der Waals surface area contributed by atoms with Crippen molar-refractivity contribution in [2.24, 2.45) is 0 Å². The lowest BCUT2D eigenvalue weighted by molar-refractivity contribution is 0.0224. The Kier molecular flexibility index (Phi) is 6.73. The number of urea groups is 1. The van der Waals surface area contributed by atoms with E-state index >= 15 is 0 Å². The van der Waals surface area contributed by atoms with Crippen molar-refractivity contribution in [3.8, 4) is 0 Å². The highest BCUT2D eigenvalue weighted by molar-refractivity contribution is 6.34. The molecule has 3 rings (SSSR count). The summed E-state index contributed by atoms with van der Waals surface area (Å²) >= 11 is 12.1. The molecule has 0 aliphatic carbocycles. The number of pyridine rings is 1. The molecule has 1 aromatic heterocycles. The number of nitrogens with one attached hydrogen (secondary N) is 2. The van der Waals surface area contributed by atoms with Gasteiger partial charge < -0.3 is 20.3 Å². The number of benzene rings is 1. The maximum Gasteiger partial charge on any atom is 0.410 e. The van der Waals surface area contributed by atoms with Crippen LogP contribution in [0.3, 0.4) is 0 Å². The Morgan fingerprint density at radius 3 is 2.57 bits per heavy atom. The number of aromatic nitrogens is 1. The van der Waals surface area contributed by atoms with Gasteiger partial charge in [0.15, 0.2) is 0 Å². The lowest BCUT2D eigenvalue weighted by Gasteiger charge is -2.29. The number of nitrogens with zero attached hydrogens (tertiary/aromatic N) is 2. The second-order valence-corrected chi connectivity index (χ2v) is 8.81. The van der Waals surface area contributed by atoms with Crippen molar-refractivity contribution in [2.45, 2.75) is 45.3 Å². The van der Waals surface area contributed by atoms with E-state index in [9.17, 15) is 9.59 Å². The van der Waals surface area contributed by atoms with Crippen LogP contribution in [0.5, 0.6) is 0 Å². The van der Waals surface area contributed by atoms with Crippen molar-refractivity contribution < 1.29 is 14.3 Å². The average molecular weight is 451 g/mol. The van der Waals surface area contributed by atoms with Gasteiger partial charge in [-0.15, -0.1) is 0 Å². The highest BCUT2D eigenvalue weighted by Gasteiger charge is 2.33. The molecule has 2 heterocycles. The van der Waals surface area contributed by atoms with Gasteiger partial charge in [-0.1, -0.05) is 29.3 Å². The molecular weight excluding hydrogens is 427 g/mol. The molecule has 0 bridgehead atoms. The number of likely N-dealkylation sites (tertiary alicyclic amines) is 1. The van der Waals surface area contributed by atoms with Crippen LogP contribution in [0.4, 0.5) is 21.0 Å². The molecular formula is C21H24Cl2N4O3. The molecule has 2 N–H and O–H groups in total. The van der Waals surface area contributed by atoms with Crippen LogP contribution in [0.2, 0.25) is 10.2 Å². The first-order valence-corrected chi connectivity index (χ1v) is 10.4. The van der Waals surface area contributed by atoms with Gasteiger partial charge in [-0.3, -0.25) is 0 Å². The second-order valence-electron chi connectivity index (χ2n) is 8.02. The number of ether oxygens (including phenoxy) is 1. The van der Waals surface area contributed by atoms with Gasteiger partial charge in [0.25, 0.3) is 0 Å². The van der Waals surface area contributed by atoms with E-state index in [-0.39, 0.29) is 12.1 Å². The summed E-state index contributed by atoms with van der Waals surface area (Å²) in [6.07, 6.45) is 2.84. The lowest BCUT2D eigenvalue weighted by Crippen LogP contribution is -2.36. The third kappa shape index (κ3) is 5.77. The van der Waals surface area contributed by atoms with E-state index in [0.717, 1.165) is 18.4 Å².